The molecule has 2 fully saturated rings. The van der Waals surface area contributed by atoms with Crippen molar-refractivity contribution in [2.75, 3.05) is 31.1 Å². The fourth-order valence-corrected chi connectivity index (χ4v) is 4.19. The van der Waals surface area contributed by atoms with Gasteiger partial charge in [0.15, 0.2) is 0 Å². The molecule has 4 rings (SSSR count). The predicted octanol–water partition coefficient (Wildman–Crippen LogP) is 3.09. The van der Waals surface area contributed by atoms with Crippen molar-refractivity contribution >= 4 is 17.7 Å². The third-order valence-electron chi connectivity index (χ3n) is 5.32. The van der Waals surface area contributed by atoms with Crippen molar-refractivity contribution in [3.63, 3.8) is 0 Å². The summed E-state index contributed by atoms with van der Waals surface area (Å²) in [6.07, 6.45) is 1.02. The van der Waals surface area contributed by atoms with Gasteiger partial charge in [0.05, 0.1) is 18.2 Å². The Morgan fingerprint density at radius 2 is 2.11 bits per heavy atom. The molecule has 0 N–H and O–H groups in total. The van der Waals surface area contributed by atoms with E-state index in [-0.39, 0.29) is 11.9 Å². The molecule has 2 aliphatic rings. The van der Waals surface area contributed by atoms with Gasteiger partial charge in [-0.2, -0.15) is 4.98 Å². The van der Waals surface area contributed by atoms with Gasteiger partial charge in [0.2, 0.25) is 0 Å². The smallest absolute Gasteiger partial charge is 0.322 e. The lowest BCUT2D eigenvalue weighted by atomic mass is 9.99. The van der Waals surface area contributed by atoms with Gasteiger partial charge in [0, 0.05) is 25.3 Å². The van der Waals surface area contributed by atoms with E-state index in [1.807, 2.05) is 43.0 Å². The van der Waals surface area contributed by atoms with Crippen LogP contribution in [0, 0.1) is 19.4 Å². The first-order valence-corrected chi connectivity index (χ1v) is 9.60. The van der Waals surface area contributed by atoms with Crippen LogP contribution in [0.3, 0.4) is 0 Å². The average Bonchev–Trinajstić information content (AvgIpc) is 3.01. The summed E-state index contributed by atoms with van der Waals surface area (Å²) in [5.74, 6) is 1.98. The third-order valence-corrected chi connectivity index (χ3v) is 5.32. The quantitative estimate of drug-likeness (QED) is 0.766. The van der Waals surface area contributed by atoms with Crippen molar-refractivity contribution in [2.24, 2.45) is 5.92 Å². The Kier molecular flexibility index (Phi) is 4.86. The second-order valence-corrected chi connectivity index (χ2v) is 7.33. The Balaban J connectivity index is 1.56. The molecule has 144 valence electrons. The summed E-state index contributed by atoms with van der Waals surface area (Å²) in [7, 11) is 0. The Bertz CT molecular complexity index is 939. The largest absolute Gasteiger partial charge is 0.493 e. The van der Waals surface area contributed by atoms with Gasteiger partial charge in [-0.25, -0.2) is 0 Å². The number of hydrogen-bond acceptors (Lipinski definition) is 5. The molecule has 7 heteroatoms. The number of fused-ring (bicyclic) bond motifs is 2. The summed E-state index contributed by atoms with van der Waals surface area (Å²) in [6.45, 7) is 13.7. The molecule has 2 unspecified atom stereocenters. The molecule has 7 nitrogen and oxygen atoms in total. The monoisotopic (exact) mass is 377 g/mol. The van der Waals surface area contributed by atoms with Gasteiger partial charge in [0.1, 0.15) is 5.75 Å². The molecule has 2 aliphatic heterocycles. The van der Waals surface area contributed by atoms with Crippen LogP contribution >= 0.6 is 0 Å². The maximum Gasteiger partial charge on any atom is 0.322 e. The van der Waals surface area contributed by atoms with Crippen LogP contribution in [0.1, 0.15) is 29.4 Å². The normalized spacial score (nSPS) is 20.8. The molecule has 2 saturated heterocycles. The number of ether oxygens (including phenoxy) is 1. The zero-order valence-electron chi connectivity index (χ0n) is 16.1. The first-order valence-electron chi connectivity index (χ1n) is 9.60. The van der Waals surface area contributed by atoms with Gasteiger partial charge in [-0.1, -0.05) is 23.7 Å². The van der Waals surface area contributed by atoms with Crippen LogP contribution in [-0.4, -0.2) is 53.1 Å². The molecule has 1 aromatic heterocycles. The van der Waals surface area contributed by atoms with Gasteiger partial charge >= 0.3 is 5.95 Å². The number of carbonyl (C=O) groups excluding carboxylic acids is 1. The maximum atomic E-state index is 13.2. The first kappa shape index (κ1) is 18.2. The van der Waals surface area contributed by atoms with Crippen LogP contribution in [0.5, 0.6) is 5.75 Å². The third kappa shape index (κ3) is 3.38. The number of amides is 1. The van der Waals surface area contributed by atoms with Crippen molar-refractivity contribution in [3.8, 4) is 5.75 Å². The van der Waals surface area contributed by atoms with E-state index < -0.39 is 0 Å². The highest BCUT2D eigenvalue weighted by Gasteiger charge is 2.42. The molecular weight excluding hydrogens is 354 g/mol. The van der Waals surface area contributed by atoms with E-state index in [0.717, 1.165) is 18.7 Å². The molecule has 0 spiro atoms. The fourth-order valence-electron chi connectivity index (χ4n) is 4.19. The standard InChI is InChI=1S/C21H23N5O2/c1-4-28-18-8-6-5-7-17(18)20(27)25-11-15-10-16(13-25)26(12-15)21-23-14(2)9-19(22-3)24-21/h5-9,15-16H,4,10-13H2,1-2H3. The maximum absolute atomic E-state index is 13.2. The van der Waals surface area contributed by atoms with E-state index in [0.29, 0.717) is 48.7 Å². The zero-order chi connectivity index (χ0) is 19.7. The van der Waals surface area contributed by atoms with Gasteiger partial charge in [0.25, 0.3) is 11.7 Å². The van der Waals surface area contributed by atoms with E-state index in [9.17, 15) is 4.79 Å². The van der Waals surface area contributed by atoms with Crippen molar-refractivity contribution in [1.82, 2.24) is 14.9 Å². The second kappa shape index (κ2) is 7.47. The Morgan fingerprint density at radius 3 is 2.89 bits per heavy atom. The van der Waals surface area contributed by atoms with Gasteiger partial charge < -0.3 is 19.4 Å². The summed E-state index contributed by atoms with van der Waals surface area (Å²) in [5, 5.41) is 0. The number of piperidine rings is 1. The van der Waals surface area contributed by atoms with Gasteiger partial charge in [-0.15, -0.1) is 0 Å². The van der Waals surface area contributed by atoms with Crippen molar-refractivity contribution in [3.05, 3.63) is 53.0 Å². The first-order chi connectivity index (χ1) is 13.6. The van der Waals surface area contributed by atoms with Gasteiger partial charge in [-0.3, -0.25) is 4.79 Å². The Morgan fingerprint density at radius 1 is 1.29 bits per heavy atom. The van der Waals surface area contributed by atoms with Crippen LogP contribution in [0.15, 0.2) is 30.3 Å². The zero-order valence-corrected chi connectivity index (χ0v) is 16.1. The minimum absolute atomic E-state index is 0.00704. The number of aromatic nitrogens is 2. The molecule has 1 amide bonds. The van der Waals surface area contributed by atoms with Crippen molar-refractivity contribution < 1.29 is 9.53 Å². The van der Waals surface area contributed by atoms with E-state index in [1.165, 1.54) is 0 Å². The summed E-state index contributed by atoms with van der Waals surface area (Å²) >= 11 is 0. The number of likely N-dealkylation sites (tertiary alicyclic amines) is 1. The number of benzene rings is 1. The summed E-state index contributed by atoms with van der Waals surface area (Å²) in [5.41, 5.74) is 1.40. The minimum Gasteiger partial charge on any atom is -0.493 e. The molecule has 0 aliphatic carbocycles. The van der Waals surface area contributed by atoms with E-state index in [1.54, 1.807) is 6.07 Å². The average molecular weight is 377 g/mol. The molecular formula is C21H23N5O2. The molecule has 3 heterocycles. The second-order valence-electron chi connectivity index (χ2n) is 7.33. The molecule has 1 aromatic carbocycles. The Labute approximate surface area is 164 Å². The number of rotatable bonds is 4. The topological polar surface area (TPSA) is 62.9 Å². The van der Waals surface area contributed by atoms with Crippen LogP contribution in [-0.2, 0) is 0 Å². The fraction of sp³-hybridized carbons (Fsp3) is 0.429. The highest BCUT2D eigenvalue weighted by molar-refractivity contribution is 5.97. The number of nitrogens with zero attached hydrogens (tertiary/aromatic N) is 5. The summed E-state index contributed by atoms with van der Waals surface area (Å²) in [4.78, 5) is 29.6. The summed E-state index contributed by atoms with van der Waals surface area (Å²) in [6, 6.07) is 9.28. The van der Waals surface area contributed by atoms with E-state index in [2.05, 4.69) is 19.7 Å². The SMILES string of the molecule is [C-]#[N+]c1cc(C)nc(N2CC3CC2CN(C(=O)c2ccccc2OCC)C3)n1. The van der Waals surface area contributed by atoms with Crippen LogP contribution < -0.4 is 9.64 Å². The molecule has 0 saturated carbocycles. The van der Waals surface area contributed by atoms with Gasteiger partial charge in [-0.05, 0) is 44.4 Å². The number of aryl methyl sites for hydroxylation is 1. The number of anilines is 1. The molecule has 2 aromatic rings. The molecule has 2 atom stereocenters. The van der Waals surface area contributed by atoms with Crippen molar-refractivity contribution in [1.29, 1.82) is 0 Å². The van der Waals surface area contributed by atoms with Crippen LogP contribution in [0.4, 0.5) is 11.8 Å². The van der Waals surface area contributed by atoms with E-state index >= 15 is 0 Å². The van der Waals surface area contributed by atoms with Crippen molar-refractivity contribution in [2.45, 2.75) is 26.3 Å². The summed E-state index contributed by atoms with van der Waals surface area (Å²) < 4.78 is 5.64. The lowest BCUT2D eigenvalue weighted by Gasteiger charge is -2.32. The number of carbonyl (C=O) groups is 1. The lowest BCUT2D eigenvalue weighted by molar-refractivity contribution is 0.0690. The highest BCUT2D eigenvalue weighted by atomic mass is 16.5. The molecule has 0 radical (unpaired) electrons. The predicted molar refractivity (Wildman–Crippen MR) is 106 cm³/mol. The number of hydrogen-bond donors (Lipinski definition) is 0. The van der Waals surface area contributed by atoms with Crippen LogP contribution in [0.25, 0.3) is 4.85 Å². The lowest BCUT2D eigenvalue weighted by Crippen LogP contribution is -2.45. The molecule has 2 bridgehead atoms. The minimum atomic E-state index is 0.00704. The molecule has 28 heavy (non-hydrogen) atoms. The highest BCUT2D eigenvalue weighted by Crippen LogP contribution is 2.34. The number of para-hydroxylation sites is 1. The van der Waals surface area contributed by atoms with E-state index in [4.69, 9.17) is 11.3 Å². The van der Waals surface area contributed by atoms with Crippen LogP contribution in [0.2, 0.25) is 0 Å². The Hall–Kier alpha value is -3.14.